The minimum absolute atomic E-state index is 0.719. The highest BCUT2D eigenvalue weighted by Crippen LogP contribution is 2.35. The van der Waals surface area contributed by atoms with E-state index in [0.29, 0.717) is 0 Å². The van der Waals surface area contributed by atoms with Gasteiger partial charge in [-0.05, 0) is 56.2 Å². The molecule has 5 rings (SSSR count). The molecule has 159 valence electrons. The Morgan fingerprint density at radius 3 is 2.34 bits per heavy atom. The molecule has 6 nitrogen and oxygen atoms in total. The van der Waals surface area contributed by atoms with Crippen LogP contribution in [0.2, 0.25) is 0 Å². The molecule has 0 atom stereocenters. The fourth-order valence-electron chi connectivity index (χ4n) is 3.58. The van der Waals surface area contributed by atoms with Crippen LogP contribution in [0.3, 0.4) is 0 Å². The van der Waals surface area contributed by atoms with Crippen LogP contribution in [0.15, 0.2) is 65.3 Å². The van der Waals surface area contributed by atoms with Gasteiger partial charge in [0.05, 0.1) is 22.4 Å². The number of benzene rings is 3. The average molecular weight is 424 g/mol. The van der Waals surface area contributed by atoms with Gasteiger partial charge in [-0.3, -0.25) is 0 Å². The molecular formula is C25H23BN3O3. The molecule has 3 aromatic carbocycles. The Balaban J connectivity index is 1.57. The number of aliphatic hydroxyl groups is 1. The summed E-state index contributed by atoms with van der Waals surface area (Å²) in [4.78, 5) is 4.96. The van der Waals surface area contributed by atoms with E-state index in [2.05, 4.69) is 10.3 Å². The van der Waals surface area contributed by atoms with Crippen molar-refractivity contribution in [3.05, 3.63) is 60.7 Å². The lowest BCUT2D eigenvalue weighted by Crippen LogP contribution is -2.49. The summed E-state index contributed by atoms with van der Waals surface area (Å²) in [5.41, 5.74) is 3.39. The molecule has 0 amide bonds. The van der Waals surface area contributed by atoms with E-state index in [4.69, 9.17) is 14.3 Å². The molecule has 1 N–H and O–H groups in total. The van der Waals surface area contributed by atoms with Crippen molar-refractivity contribution >= 4 is 45.7 Å². The first-order chi connectivity index (χ1) is 15.2. The van der Waals surface area contributed by atoms with E-state index in [1.54, 1.807) is 21.3 Å². The monoisotopic (exact) mass is 424 g/mol. The SMILES string of the molecule is CC(C)(O)C(C)(C)O[B]c1ccc(-c2nc3ccccc3c3c2ccc2nonc23)cc1. The summed E-state index contributed by atoms with van der Waals surface area (Å²) in [6, 6.07) is 19.9. The molecule has 1 radical (unpaired) electrons. The summed E-state index contributed by atoms with van der Waals surface area (Å²) in [6.45, 7) is 7.20. The Morgan fingerprint density at radius 2 is 1.59 bits per heavy atom. The number of hydrogen-bond acceptors (Lipinski definition) is 6. The Hall–Kier alpha value is -3.29. The minimum Gasteiger partial charge on any atom is -0.427 e. The van der Waals surface area contributed by atoms with Gasteiger partial charge in [0.1, 0.15) is 11.0 Å². The molecule has 0 unspecified atom stereocenters. The molecule has 0 aliphatic rings. The quantitative estimate of drug-likeness (QED) is 0.333. The fraction of sp³-hybridized carbons (Fsp3) is 0.240. The van der Waals surface area contributed by atoms with Crippen LogP contribution in [0, 0.1) is 0 Å². The molecule has 5 aromatic rings. The Labute approximate surface area is 186 Å². The predicted molar refractivity (Wildman–Crippen MR) is 127 cm³/mol. The standard InChI is InChI=1S/C25H23BN3O3/c1-24(2,30)25(3,4)31-26-16-11-9-15(10-12-16)22-18-13-14-20-23(29-32-28-20)21(18)17-7-5-6-8-19(17)27-22/h5-14,30H,1-4H3. The number of hydrogen-bond donors (Lipinski definition) is 1. The van der Waals surface area contributed by atoms with Gasteiger partial charge in [0.15, 0.2) is 0 Å². The zero-order valence-electron chi connectivity index (χ0n) is 18.5. The van der Waals surface area contributed by atoms with Gasteiger partial charge in [-0.1, -0.05) is 47.9 Å². The van der Waals surface area contributed by atoms with E-state index < -0.39 is 11.2 Å². The zero-order chi connectivity index (χ0) is 22.5. The first kappa shape index (κ1) is 20.6. The topological polar surface area (TPSA) is 81.3 Å². The normalized spacial score (nSPS) is 12.7. The molecule has 0 fully saturated rings. The third kappa shape index (κ3) is 3.43. The van der Waals surface area contributed by atoms with Crippen molar-refractivity contribution in [1.82, 2.24) is 15.3 Å². The second kappa shape index (κ2) is 7.40. The van der Waals surface area contributed by atoms with Gasteiger partial charge in [-0.15, -0.1) is 0 Å². The number of aromatic nitrogens is 3. The van der Waals surface area contributed by atoms with Gasteiger partial charge < -0.3 is 9.76 Å². The first-order valence-corrected chi connectivity index (χ1v) is 10.5. The molecule has 2 aromatic heterocycles. The molecule has 0 spiro atoms. The van der Waals surface area contributed by atoms with Crippen molar-refractivity contribution in [2.45, 2.75) is 38.9 Å². The van der Waals surface area contributed by atoms with Crippen LogP contribution in [0.4, 0.5) is 0 Å². The van der Waals surface area contributed by atoms with E-state index in [0.717, 1.165) is 49.4 Å². The Morgan fingerprint density at radius 1 is 0.844 bits per heavy atom. The highest BCUT2D eigenvalue weighted by atomic mass is 16.6. The van der Waals surface area contributed by atoms with Crippen LogP contribution in [0.1, 0.15) is 27.7 Å². The predicted octanol–water partition coefficient (Wildman–Crippen LogP) is 4.40. The van der Waals surface area contributed by atoms with Crippen LogP contribution < -0.4 is 5.46 Å². The van der Waals surface area contributed by atoms with Crippen molar-refractivity contribution < 1.29 is 14.4 Å². The van der Waals surface area contributed by atoms with E-state index >= 15 is 0 Å². The molecule has 0 saturated carbocycles. The van der Waals surface area contributed by atoms with E-state index in [1.165, 1.54) is 0 Å². The fourth-order valence-corrected chi connectivity index (χ4v) is 3.58. The van der Waals surface area contributed by atoms with Crippen molar-refractivity contribution in [2.24, 2.45) is 0 Å². The van der Waals surface area contributed by atoms with E-state index in [1.807, 2.05) is 74.5 Å². The Kier molecular flexibility index (Phi) is 4.76. The third-order valence-corrected chi connectivity index (χ3v) is 6.24. The zero-order valence-corrected chi connectivity index (χ0v) is 18.5. The number of nitrogens with zero attached hydrogens (tertiary/aromatic N) is 3. The summed E-state index contributed by atoms with van der Waals surface area (Å²) in [6.07, 6.45) is 0. The molecule has 32 heavy (non-hydrogen) atoms. The summed E-state index contributed by atoms with van der Waals surface area (Å²) in [5, 5.41) is 21.4. The lowest BCUT2D eigenvalue weighted by atomic mass is 9.82. The molecular weight excluding hydrogens is 401 g/mol. The highest BCUT2D eigenvalue weighted by Gasteiger charge is 2.35. The smallest absolute Gasteiger partial charge is 0.330 e. The van der Waals surface area contributed by atoms with Crippen molar-refractivity contribution in [1.29, 1.82) is 0 Å². The number of fused-ring (bicyclic) bond motifs is 5. The van der Waals surface area contributed by atoms with Crippen LogP contribution >= 0.6 is 0 Å². The summed E-state index contributed by atoms with van der Waals surface area (Å²) in [5.74, 6) is 0. The van der Waals surface area contributed by atoms with Crippen molar-refractivity contribution in [2.75, 3.05) is 0 Å². The van der Waals surface area contributed by atoms with Crippen LogP contribution in [0.5, 0.6) is 0 Å². The summed E-state index contributed by atoms with van der Waals surface area (Å²) in [7, 11) is 1.68. The van der Waals surface area contributed by atoms with E-state index in [-0.39, 0.29) is 0 Å². The highest BCUT2D eigenvalue weighted by molar-refractivity contribution is 6.47. The summed E-state index contributed by atoms with van der Waals surface area (Å²) >= 11 is 0. The molecule has 0 aliphatic heterocycles. The second-order valence-corrected chi connectivity index (χ2v) is 9.02. The van der Waals surface area contributed by atoms with Crippen LogP contribution in [0.25, 0.3) is 44.0 Å². The largest absolute Gasteiger partial charge is 0.427 e. The van der Waals surface area contributed by atoms with Gasteiger partial charge in [0.2, 0.25) is 0 Å². The molecule has 0 aliphatic carbocycles. The van der Waals surface area contributed by atoms with Crippen molar-refractivity contribution in [3.63, 3.8) is 0 Å². The maximum absolute atomic E-state index is 10.3. The van der Waals surface area contributed by atoms with Gasteiger partial charge in [0.25, 0.3) is 0 Å². The molecule has 0 saturated heterocycles. The first-order valence-electron chi connectivity index (χ1n) is 10.5. The maximum Gasteiger partial charge on any atom is 0.330 e. The molecule has 2 heterocycles. The van der Waals surface area contributed by atoms with Gasteiger partial charge in [-0.2, -0.15) is 0 Å². The number of rotatable bonds is 5. The van der Waals surface area contributed by atoms with Crippen LogP contribution in [-0.2, 0) is 4.65 Å². The second-order valence-electron chi connectivity index (χ2n) is 9.02. The molecule has 0 bridgehead atoms. The van der Waals surface area contributed by atoms with Crippen molar-refractivity contribution in [3.8, 4) is 11.3 Å². The van der Waals surface area contributed by atoms with Gasteiger partial charge in [-0.25, -0.2) is 9.61 Å². The average Bonchev–Trinajstić information content (AvgIpc) is 3.26. The number of pyridine rings is 1. The number of para-hydroxylation sites is 1. The lowest BCUT2D eigenvalue weighted by molar-refractivity contribution is -0.0893. The molecule has 7 heteroatoms. The van der Waals surface area contributed by atoms with E-state index in [9.17, 15) is 5.11 Å². The van der Waals surface area contributed by atoms with Gasteiger partial charge >= 0.3 is 7.48 Å². The van der Waals surface area contributed by atoms with Crippen LogP contribution in [-0.4, -0.2) is 39.1 Å². The lowest BCUT2D eigenvalue weighted by Gasteiger charge is -2.37. The Bertz CT molecular complexity index is 1440. The maximum atomic E-state index is 10.3. The minimum atomic E-state index is -0.974. The third-order valence-electron chi connectivity index (χ3n) is 6.24. The van der Waals surface area contributed by atoms with Gasteiger partial charge in [0, 0.05) is 21.7 Å². The summed E-state index contributed by atoms with van der Waals surface area (Å²) < 4.78 is 10.9.